The highest BCUT2D eigenvalue weighted by Gasteiger charge is 2.17. The van der Waals surface area contributed by atoms with Crippen LogP contribution in [0.5, 0.6) is 11.5 Å². The molecule has 0 aliphatic heterocycles. The molecule has 0 aliphatic carbocycles. The Bertz CT molecular complexity index is 740. The lowest BCUT2D eigenvalue weighted by atomic mass is 10.2. The molecule has 2 rings (SSSR count). The van der Waals surface area contributed by atoms with E-state index >= 15 is 0 Å². The van der Waals surface area contributed by atoms with Crippen LogP contribution in [0.3, 0.4) is 0 Å². The molecule has 2 aromatic carbocycles. The molecular weight excluding hydrogens is 314 g/mol. The molecule has 0 bridgehead atoms. The van der Waals surface area contributed by atoms with Crippen molar-refractivity contribution in [3.05, 3.63) is 46.0 Å². The van der Waals surface area contributed by atoms with Crippen LogP contribution >= 0.6 is 0 Å². The van der Waals surface area contributed by atoms with E-state index in [-0.39, 0.29) is 17.1 Å². The van der Waals surface area contributed by atoms with Gasteiger partial charge in [0.25, 0.3) is 5.69 Å². The monoisotopic (exact) mass is 328 g/mol. The molecule has 0 unspecified atom stereocenters. The molecule has 0 atom stereocenters. The number of benzene rings is 2. The lowest BCUT2D eigenvalue weighted by molar-refractivity contribution is -0.384. The van der Waals surface area contributed by atoms with Crippen molar-refractivity contribution in [1.29, 1.82) is 0 Å². The van der Waals surface area contributed by atoms with Crippen molar-refractivity contribution in [1.82, 2.24) is 0 Å². The average Bonchev–Trinajstić information content (AvgIpc) is 2.51. The van der Waals surface area contributed by atoms with E-state index in [1.165, 1.54) is 19.2 Å². The summed E-state index contributed by atoms with van der Waals surface area (Å²) in [6, 6.07) is 4.75. The predicted octanol–water partition coefficient (Wildman–Crippen LogP) is 2.02. The predicted molar refractivity (Wildman–Crippen MR) is 80.9 cm³/mol. The normalized spacial score (nSPS) is 9.70. The maximum Gasteiger partial charge on any atom is 0.295 e. The van der Waals surface area contributed by atoms with E-state index in [2.05, 4.69) is 4.74 Å². The van der Waals surface area contributed by atoms with Crippen molar-refractivity contribution in [3.63, 3.8) is 0 Å². The Balaban J connectivity index is 0.000000231. The summed E-state index contributed by atoms with van der Waals surface area (Å²) in [6.45, 7) is 0. The molecule has 0 aromatic heterocycles. The molecule has 7 N–H and O–H groups in total. The average molecular weight is 328 g/mol. The summed E-state index contributed by atoms with van der Waals surface area (Å²) in [5, 5.41) is 18.9. The first kappa shape index (κ1) is 17.8. The highest BCUT2D eigenvalue weighted by atomic mass is 19.1. The Labute approximate surface area is 129 Å². The molecule has 124 valence electrons. The Morgan fingerprint density at radius 2 is 1.70 bits per heavy atom. The van der Waals surface area contributed by atoms with Gasteiger partial charge in [-0.3, -0.25) is 10.1 Å². The number of nitrogen functional groups attached to an aromatic ring is 3. The van der Waals surface area contributed by atoms with Crippen LogP contribution in [0.2, 0.25) is 0 Å². The van der Waals surface area contributed by atoms with Gasteiger partial charge < -0.3 is 27.0 Å². The maximum atomic E-state index is 12.9. The van der Waals surface area contributed by atoms with Crippen molar-refractivity contribution in [2.75, 3.05) is 24.3 Å². The van der Waals surface area contributed by atoms with Crippen LogP contribution in [-0.2, 0) is 0 Å². The summed E-state index contributed by atoms with van der Waals surface area (Å²) in [5.74, 6) is -2.36. The Morgan fingerprint density at radius 3 is 2.22 bits per heavy atom. The maximum absolute atomic E-state index is 12.9. The van der Waals surface area contributed by atoms with Gasteiger partial charge in [-0.15, -0.1) is 0 Å². The van der Waals surface area contributed by atoms with E-state index in [9.17, 15) is 18.9 Å². The van der Waals surface area contributed by atoms with E-state index in [4.69, 9.17) is 22.3 Å². The van der Waals surface area contributed by atoms with Crippen molar-refractivity contribution in [2.24, 2.45) is 0 Å². The summed E-state index contributed by atoms with van der Waals surface area (Å²) in [5.41, 5.74) is 14.6. The van der Waals surface area contributed by atoms with Gasteiger partial charge in [0.05, 0.1) is 23.4 Å². The van der Waals surface area contributed by atoms with Crippen LogP contribution in [0.15, 0.2) is 24.3 Å². The third-order valence-corrected chi connectivity index (χ3v) is 2.73. The van der Waals surface area contributed by atoms with E-state index in [1.807, 2.05) is 0 Å². The number of hydrogen-bond donors (Lipinski definition) is 4. The highest BCUT2D eigenvalue weighted by molar-refractivity contribution is 5.66. The van der Waals surface area contributed by atoms with Crippen LogP contribution in [0, 0.1) is 21.7 Å². The van der Waals surface area contributed by atoms with Crippen LogP contribution in [0.4, 0.5) is 31.5 Å². The van der Waals surface area contributed by atoms with Crippen molar-refractivity contribution < 1.29 is 23.5 Å². The van der Waals surface area contributed by atoms with Crippen LogP contribution < -0.4 is 21.9 Å². The van der Waals surface area contributed by atoms with E-state index in [1.54, 1.807) is 0 Å². The molecule has 23 heavy (non-hydrogen) atoms. The number of nitrogens with two attached hydrogens (primary N) is 3. The molecule has 0 spiro atoms. The topological polar surface area (TPSA) is 151 Å². The number of phenols is 1. The zero-order valence-electron chi connectivity index (χ0n) is 11.9. The van der Waals surface area contributed by atoms with E-state index in [0.29, 0.717) is 0 Å². The highest BCUT2D eigenvalue weighted by Crippen LogP contribution is 2.29. The molecule has 0 saturated carbocycles. The number of methoxy groups -OCH3 is 1. The first-order valence-electron chi connectivity index (χ1n) is 5.99. The van der Waals surface area contributed by atoms with Gasteiger partial charge in [0, 0.05) is 6.07 Å². The number of nitro benzene ring substituents is 1. The Morgan fingerprint density at radius 1 is 1.09 bits per heavy atom. The number of hydrogen-bond acceptors (Lipinski definition) is 7. The summed E-state index contributed by atoms with van der Waals surface area (Å²) in [7, 11) is 1.37. The quantitative estimate of drug-likeness (QED) is 0.374. The number of halogens is 2. The summed E-state index contributed by atoms with van der Waals surface area (Å²) in [6.07, 6.45) is 0. The standard InChI is InChI=1S/C7H9FN2O.C6H5FN2O3/c1-11-5-3-2-4(9)7(10)6(5)8;7-5-4(10)2-1-3(6(5)8)9(11)12/h2-3H,9-10H2,1H3;1-2,10H,8H2. The van der Waals surface area contributed by atoms with Gasteiger partial charge in [-0.1, -0.05) is 0 Å². The van der Waals surface area contributed by atoms with Gasteiger partial charge in [0.1, 0.15) is 0 Å². The number of anilines is 3. The molecular formula is C13H14F2N4O4. The zero-order valence-corrected chi connectivity index (χ0v) is 11.9. The van der Waals surface area contributed by atoms with Crippen LogP contribution in [0.1, 0.15) is 0 Å². The largest absolute Gasteiger partial charge is 0.505 e. The second-order valence-corrected chi connectivity index (χ2v) is 4.17. The first-order valence-corrected chi connectivity index (χ1v) is 5.99. The summed E-state index contributed by atoms with van der Waals surface area (Å²) in [4.78, 5) is 9.34. The van der Waals surface area contributed by atoms with Gasteiger partial charge in [-0.05, 0) is 18.2 Å². The Kier molecular flexibility index (Phi) is 5.49. The molecule has 0 fully saturated rings. The van der Waals surface area contributed by atoms with Gasteiger partial charge >= 0.3 is 0 Å². The van der Waals surface area contributed by atoms with Gasteiger partial charge in [0.2, 0.25) is 0 Å². The zero-order chi connectivity index (χ0) is 17.7. The number of phenolic OH excluding ortho intramolecular Hbond substituents is 1. The molecule has 2 aromatic rings. The molecule has 0 aliphatic rings. The SMILES string of the molecule is COc1ccc(N)c(N)c1F.Nc1c([N+](=O)[O-])ccc(O)c1F. The van der Waals surface area contributed by atoms with Crippen LogP contribution in [0.25, 0.3) is 0 Å². The molecule has 0 saturated heterocycles. The van der Waals surface area contributed by atoms with Gasteiger partial charge in [-0.2, -0.15) is 0 Å². The molecule has 0 heterocycles. The first-order chi connectivity index (χ1) is 10.7. The van der Waals surface area contributed by atoms with Crippen molar-refractivity contribution in [2.45, 2.75) is 0 Å². The molecule has 0 radical (unpaired) electrons. The third-order valence-electron chi connectivity index (χ3n) is 2.73. The second kappa shape index (κ2) is 7.11. The lowest BCUT2D eigenvalue weighted by Crippen LogP contribution is -1.99. The molecule has 10 heteroatoms. The Hall–Kier alpha value is -3.30. The summed E-state index contributed by atoms with van der Waals surface area (Å²) >= 11 is 0. The van der Waals surface area contributed by atoms with E-state index < -0.39 is 33.7 Å². The van der Waals surface area contributed by atoms with E-state index in [0.717, 1.165) is 12.1 Å². The fourth-order valence-electron chi connectivity index (χ4n) is 1.48. The number of aromatic hydroxyl groups is 1. The van der Waals surface area contributed by atoms with Gasteiger partial charge in [-0.25, -0.2) is 8.78 Å². The van der Waals surface area contributed by atoms with Crippen molar-refractivity contribution >= 4 is 22.7 Å². The number of nitro groups is 1. The smallest absolute Gasteiger partial charge is 0.295 e. The third kappa shape index (κ3) is 3.87. The van der Waals surface area contributed by atoms with Crippen LogP contribution in [-0.4, -0.2) is 17.1 Å². The fourth-order valence-corrected chi connectivity index (χ4v) is 1.48. The molecule has 8 nitrogen and oxygen atoms in total. The number of rotatable bonds is 2. The fraction of sp³-hybridized carbons (Fsp3) is 0.0769. The molecule has 0 amide bonds. The number of ether oxygens (including phenoxy) is 1. The minimum atomic E-state index is -1.16. The summed E-state index contributed by atoms with van der Waals surface area (Å²) < 4.78 is 30.3. The van der Waals surface area contributed by atoms with Crippen molar-refractivity contribution in [3.8, 4) is 11.5 Å². The van der Waals surface area contributed by atoms with Gasteiger partial charge in [0.15, 0.2) is 28.8 Å². The lowest BCUT2D eigenvalue weighted by Gasteiger charge is -2.05. The minimum Gasteiger partial charge on any atom is -0.505 e. The number of nitrogens with zero attached hydrogens (tertiary/aromatic N) is 1. The minimum absolute atomic E-state index is 0.0654. The second-order valence-electron chi connectivity index (χ2n) is 4.17.